The quantitative estimate of drug-likeness (QED) is 0.606. The van der Waals surface area contributed by atoms with Crippen LogP contribution >= 0.6 is 0 Å². The summed E-state index contributed by atoms with van der Waals surface area (Å²) in [4.78, 5) is 30.7. The number of nitrogens with zero attached hydrogens (tertiary/aromatic N) is 4. The first kappa shape index (κ1) is 13.1. The lowest BCUT2D eigenvalue weighted by atomic mass is 10.1. The highest BCUT2D eigenvalue weighted by molar-refractivity contribution is 5.96. The molecule has 0 atom stereocenters. The fourth-order valence-corrected chi connectivity index (χ4v) is 1.95. The number of esters is 1. The second kappa shape index (κ2) is 4.75. The maximum Gasteiger partial charge on any atom is 0.303 e. The van der Waals surface area contributed by atoms with Crippen LogP contribution in [0.1, 0.15) is 41.4 Å². The maximum absolute atomic E-state index is 11.6. The molecule has 0 aromatic carbocycles. The Kier molecular flexibility index (Phi) is 3.28. The molecule has 19 heavy (non-hydrogen) atoms. The molecule has 0 bridgehead atoms. The minimum atomic E-state index is -0.399. The summed E-state index contributed by atoms with van der Waals surface area (Å²) in [5, 5.41) is 4.18. The number of aryl methyl sites for hydroxylation is 2. The van der Waals surface area contributed by atoms with Crippen molar-refractivity contribution < 1.29 is 14.3 Å². The molecular weight excluding hydrogens is 248 g/mol. The summed E-state index contributed by atoms with van der Waals surface area (Å²) in [6.45, 7) is 6.33. The molecule has 7 nitrogen and oxygen atoms in total. The number of carbonyl (C=O) groups excluding carboxylic acids is 2. The number of ketones is 1. The number of carbonyl (C=O) groups is 2. The molecule has 2 aromatic rings. The Balaban J connectivity index is 2.51. The van der Waals surface area contributed by atoms with Crippen molar-refractivity contribution in [3.05, 3.63) is 22.8 Å². The van der Waals surface area contributed by atoms with E-state index in [4.69, 9.17) is 4.74 Å². The molecule has 7 heteroatoms. The minimum absolute atomic E-state index is 0.00736. The molecule has 0 aliphatic carbocycles. The fraction of sp³-hybridized carbons (Fsp3) is 0.417. The average molecular weight is 262 g/mol. The lowest BCUT2D eigenvalue weighted by molar-refractivity contribution is -0.142. The van der Waals surface area contributed by atoms with Gasteiger partial charge in [-0.2, -0.15) is 4.98 Å². The molecule has 0 spiro atoms. The molecule has 0 aliphatic rings. The molecule has 0 aliphatic heterocycles. The first-order valence-corrected chi connectivity index (χ1v) is 5.77. The zero-order valence-electron chi connectivity index (χ0n) is 11.2. The molecule has 0 radical (unpaired) electrons. The third-order valence-electron chi connectivity index (χ3n) is 2.70. The van der Waals surface area contributed by atoms with Gasteiger partial charge in [0.1, 0.15) is 0 Å². The van der Waals surface area contributed by atoms with Gasteiger partial charge in [0.15, 0.2) is 18.2 Å². The van der Waals surface area contributed by atoms with Crippen LogP contribution in [0.2, 0.25) is 0 Å². The summed E-state index contributed by atoms with van der Waals surface area (Å²) < 4.78 is 6.32. The zero-order valence-corrected chi connectivity index (χ0v) is 11.2. The number of rotatable bonds is 3. The summed E-state index contributed by atoms with van der Waals surface area (Å²) >= 11 is 0. The number of fused-ring (bicyclic) bond motifs is 1. The fourth-order valence-electron chi connectivity index (χ4n) is 1.95. The van der Waals surface area contributed by atoms with Gasteiger partial charge in [-0.1, -0.05) is 0 Å². The highest BCUT2D eigenvalue weighted by Gasteiger charge is 2.16. The lowest BCUT2D eigenvalue weighted by Crippen LogP contribution is -2.09. The zero-order chi connectivity index (χ0) is 14.2. The summed E-state index contributed by atoms with van der Waals surface area (Å²) in [6, 6.07) is 0. The molecule has 2 rings (SSSR count). The lowest BCUT2D eigenvalue weighted by Gasteiger charge is -2.06. The topological polar surface area (TPSA) is 86.5 Å². The van der Waals surface area contributed by atoms with Crippen LogP contribution in [-0.2, 0) is 16.1 Å². The predicted molar refractivity (Wildman–Crippen MR) is 65.7 cm³/mol. The van der Waals surface area contributed by atoms with Gasteiger partial charge >= 0.3 is 5.97 Å². The number of hydrogen-bond acceptors (Lipinski definition) is 6. The normalized spacial score (nSPS) is 10.7. The Morgan fingerprint density at radius 3 is 2.47 bits per heavy atom. The Hall–Kier alpha value is -2.31. The molecule has 0 unspecified atom stereocenters. The Bertz CT molecular complexity index is 675. The van der Waals surface area contributed by atoms with Crippen molar-refractivity contribution in [1.29, 1.82) is 0 Å². The third kappa shape index (κ3) is 2.44. The largest absolute Gasteiger partial charge is 0.458 e. The molecule has 0 saturated carbocycles. The number of Topliss-reactive ketones (excluding diaryl/α,β-unsaturated/α-hetero) is 1. The smallest absolute Gasteiger partial charge is 0.303 e. The Morgan fingerprint density at radius 2 is 1.89 bits per heavy atom. The van der Waals surface area contributed by atoms with Gasteiger partial charge in [-0.15, -0.1) is 5.10 Å². The monoisotopic (exact) mass is 262 g/mol. The Morgan fingerprint density at radius 1 is 1.21 bits per heavy atom. The van der Waals surface area contributed by atoms with E-state index in [1.807, 2.05) is 0 Å². The van der Waals surface area contributed by atoms with Crippen molar-refractivity contribution in [3.63, 3.8) is 0 Å². The first-order valence-electron chi connectivity index (χ1n) is 5.77. The van der Waals surface area contributed by atoms with E-state index in [2.05, 4.69) is 15.1 Å². The van der Waals surface area contributed by atoms with Gasteiger partial charge in [0.05, 0.1) is 17.0 Å². The van der Waals surface area contributed by atoms with E-state index in [-0.39, 0.29) is 12.4 Å². The van der Waals surface area contributed by atoms with E-state index in [0.717, 1.165) is 0 Å². The van der Waals surface area contributed by atoms with Crippen LogP contribution in [0, 0.1) is 13.8 Å². The summed E-state index contributed by atoms with van der Waals surface area (Å²) in [5.74, 6) is 0.277. The van der Waals surface area contributed by atoms with Gasteiger partial charge in [0.25, 0.3) is 5.78 Å². The van der Waals surface area contributed by atoms with Crippen molar-refractivity contribution in [1.82, 2.24) is 19.6 Å². The van der Waals surface area contributed by atoms with Crippen LogP contribution in [0.5, 0.6) is 0 Å². The average Bonchev–Trinajstić information content (AvgIpc) is 2.69. The number of ether oxygens (including phenoxy) is 1. The molecule has 0 amide bonds. The minimum Gasteiger partial charge on any atom is -0.458 e. The highest BCUT2D eigenvalue weighted by atomic mass is 16.5. The highest BCUT2D eigenvalue weighted by Crippen LogP contribution is 2.14. The molecule has 2 aromatic heterocycles. The van der Waals surface area contributed by atoms with E-state index in [0.29, 0.717) is 28.6 Å². The number of hydrogen-bond donors (Lipinski definition) is 0. The van der Waals surface area contributed by atoms with E-state index in [1.165, 1.54) is 18.4 Å². The van der Waals surface area contributed by atoms with Crippen LogP contribution in [-0.4, -0.2) is 31.3 Å². The second-order valence-corrected chi connectivity index (χ2v) is 4.23. The molecule has 0 saturated heterocycles. The summed E-state index contributed by atoms with van der Waals surface area (Å²) in [6.07, 6.45) is 0. The van der Waals surface area contributed by atoms with Crippen LogP contribution in [0.3, 0.4) is 0 Å². The van der Waals surface area contributed by atoms with Gasteiger partial charge in [-0.3, -0.25) is 9.59 Å². The standard InChI is InChI=1S/C12H14N4O3/c1-6-11(8(3)17)7(2)16-12(13-6)14-10(15-16)5-19-9(4)18/h5H2,1-4H3. The molecular formula is C12H14N4O3. The van der Waals surface area contributed by atoms with E-state index < -0.39 is 5.97 Å². The van der Waals surface area contributed by atoms with Crippen LogP contribution < -0.4 is 0 Å². The van der Waals surface area contributed by atoms with Crippen molar-refractivity contribution in [3.8, 4) is 0 Å². The van der Waals surface area contributed by atoms with Gasteiger partial charge in [0.2, 0.25) is 0 Å². The SMILES string of the molecule is CC(=O)OCc1nc2nc(C)c(C(C)=O)c(C)n2n1. The van der Waals surface area contributed by atoms with Gasteiger partial charge in [-0.25, -0.2) is 9.50 Å². The molecule has 100 valence electrons. The van der Waals surface area contributed by atoms with Crippen LogP contribution in [0.15, 0.2) is 0 Å². The van der Waals surface area contributed by atoms with Gasteiger partial charge < -0.3 is 4.74 Å². The summed E-state index contributed by atoms with van der Waals surface area (Å²) in [7, 11) is 0. The van der Waals surface area contributed by atoms with E-state index >= 15 is 0 Å². The summed E-state index contributed by atoms with van der Waals surface area (Å²) in [5.41, 5.74) is 1.83. The van der Waals surface area contributed by atoms with Crippen LogP contribution in [0.25, 0.3) is 5.78 Å². The third-order valence-corrected chi connectivity index (χ3v) is 2.70. The van der Waals surface area contributed by atoms with Crippen molar-refractivity contribution >= 4 is 17.5 Å². The van der Waals surface area contributed by atoms with Crippen molar-refractivity contribution in [2.75, 3.05) is 0 Å². The molecule has 2 heterocycles. The first-order chi connectivity index (χ1) is 8.90. The van der Waals surface area contributed by atoms with E-state index in [9.17, 15) is 9.59 Å². The maximum atomic E-state index is 11.6. The number of aromatic nitrogens is 4. The van der Waals surface area contributed by atoms with Crippen molar-refractivity contribution in [2.24, 2.45) is 0 Å². The Labute approximate surface area is 109 Å². The molecule has 0 N–H and O–H groups in total. The van der Waals surface area contributed by atoms with Crippen LogP contribution in [0.4, 0.5) is 0 Å². The van der Waals surface area contributed by atoms with Gasteiger partial charge in [-0.05, 0) is 20.8 Å². The van der Waals surface area contributed by atoms with Gasteiger partial charge in [0, 0.05) is 6.92 Å². The predicted octanol–water partition coefficient (Wildman–Crippen LogP) is 1.01. The van der Waals surface area contributed by atoms with Crippen molar-refractivity contribution in [2.45, 2.75) is 34.3 Å². The van der Waals surface area contributed by atoms with E-state index in [1.54, 1.807) is 13.8 Å². The second-order valence-electron chi connectivity index (χ2n) is 4.23. The molecule has 0 fully saturated rings.